The molecule has 4 aromatic rings. The lowest BCUT2D eigenvalue weighted by molar-refractivity contribution is 0.102. The lowest BCUT2D eigenvalue weighted by Gasteiger charge is -2.10. The molecule has 6 heteroatoms. The standard InChI is InChI=1S/C22H19N3O2S/c1-14-7-3-4-9-16(14)13-25-12-6-10-17(21(25)27)20(26)24-22-23-19-15(2)8-5-11-18(19)28-22/h3-12H,13H2,1-2H3,(H,23,24,26). The van der Waals surface area contributed by atoms with Crippen LogP contribution in [0.2, 0.25) is 0 Å². The number of carbonyl (C=O) groups is 1. The number of pyridine rings is 1. The Labute approximate surface area is 166 Å². The van der Waals surface area contributed by atoms with E-state index in [1.807, 2.05) is 56.3 Å². The Hall–Kier alpha value is -3.25. The van der Waals surface area contributed by atoms with E-state index >= 15 is 0 Å². The van der Waals surface area contributed by atoms with E-state index in [2.05, 4.69) is 10.3 Å². The maximum Gasteiger partial charge on any atom is 0.263 e. The number of amides is 1. The number of benzene rings is 2. The van der Waals surface area contributed by atoms with Gasteiger partial charge in [-0.25, -0.2) is 4.98 Å². The Morgan fingerprint density at radius 1 is 1.04 bits per heavy atom. The zero-order valence-corrected chi connectivity index (χ0v) is 16.4. The quantitative estimate of drug-likeness (QED) is 0.563. The molecule has 28 heavy (non-hydrogen) atoms. The Balaban J connectivity index is 1.61. The molecule has 0 atom stereocenters. The second-order valence-electron chi connectivity index (χ2n) is 6.68. The van der Waals surface area contributed by atoms with Gasteiger partial charge in [0.05, 0.1) is 16.8 Å². The largest absolute Gasteiger partial charge is 0.310 e. The van der Waals surface area contributed by atoms with Crippen molar-refractivity contribution in [3.8, 4) is 0 Å². The molecule has 0 radical (unpaired) electrons. The predicted molar refractivity (Wildman–Crippen MR) is 113 cm³/mol. The summed E-state index contributed by atoms with van der Waals surface area (Å²) in [7, 11) is 0. The molecule has 0 aliphatic heterocycles. The van der Waals surface area contributed by atoms with E-state index in [0.29, 0.717) is 11.7 Å². The second-order valence-corrected chi connectivity index (χ2v) is 7.71. The number of nitrogens with one attached hydrogen (secondary N) is 1. The summed E-state index contributed by atoms with van der Waals surface area (Å²) < 4.78 is 2.56. The van der Waals surface area contributed by atoms with Crippen molar-refractivity contribution in [2.45, 2.75) is 20.4 Å². The Morgan fingerprint density at radius 2 is 1.82 bits per heavy atom. The maximum absolute atomic E-state index is 12.8. The molecular weight excluding hydrogens is 370 g/mol. The van der Waals surface area contributed by atoms with Crippen molar-refractivity contribution in [1.82, 2.24) is 9.55 Å². The van der Waals surface area contributed by atoms with Crippen molar-refractivity contribution in [1.29, 1.82) is 0 Å². The van der Waals surface area contributed by atoms with E-state index in [1.165, 1.54) is 11.3 Å². The van der Waals surface area contributed by atoms with Gasteiger partial charge in [-0.05, 0) is 48.7 Å². The molecular formula is C22H19N3O2S. The highest BCUT2D eigenvalue weighted by Crippen LogP contribution is 2.28. The predicted octanol–water partition coefficient (Wildman–Crippen LogP) is 4.38. The summed E-state index contributed by atoms with van der Waals surface area (Å²) in [4.78, 5) is 30.0. The Bertz CT molecular complexity index is 1240. The summed E-state index contributed by atoms with van der Waals surface area (Å²) >= 11 is 1.40. The summed E-state index contributed by atoms with van der Waals surface area (Å²) in [5.41, 5.74) is 3.85. The third-order valence-electron chi connectivity index (χ3n) is 4.71. The van der Waals surface area contributed by atoms with Gasteiger partial charge in [-0.2, -0.15) is 0 Å². The lowest BCUT2D eigenvalue weighted by Crippen LogP contribution is -2.29. The number of fused-ring (bicyclic) bond motifs is 1. The number of para-hydroxylation sites is 1. The normalized spacial score (nSPS) is 10.9. The number of carbonyl (C=O) groups excluding carboxylic acids is 1. The smallest absolute Gasteiger partial charge is 0.263 e. The highest BCUT2D eigenvalue weighted by atomic mass is 32.1. The topological polar surface area (TPSA) is 64.0 Å². The number of hydrogen-bond donors (Lipinski definition) is 1. The maximum atomic E-state index is 12.8. The number of thiazole rings is 1. The van der Waals surface area contributed by atoms with Gasteiger partial charge in [0, 0.05) is 6.20 Å². The molecule has 5 nitrogen and oxygen atoms in total. The number of aryl methyl sites for hydroxylation is 2. The summed E-state index contributed by atoms with van der Waals surface area (Å²) in [6.45, 7) is 4.41. The van der Waals surface area contributed by atoms with Crippen LogP contribution in [0.3, 0.4) is 0 Å². The van der Waals surface area contributed by atoms with Crippen LogP contribution in [-0.4, -0.2) is 15.5 Å². The van der Waals surface area contributed by atoms with Gasteiger partial charge < -0.3 is 4.57 Å². The summed E-state index contributed by atoms with van der Waals surface area (Å²) in [6.07, 6.45) is 1.70. The molecule has 0 bridgehead atoms. The van der Waals surface area contributed by atoms with Gasteiger partial charge in [0.1, 0.15) is 5.56 Å². The molecule has 140 valence electrons. The molecule has 0 aliphatic rings. The second kappa shape index (κ2) is 7.40. The minimum absolute atomic E-state index is 0.104. The van der Waals surface area contributed by atoms with E-state index in [-0.39, 0.29) is 11.1 Å². The van der Waals surface area contributed by atoms with Gasteiger partial charge in [0.2, 0.25) is 0 Å². The monoisotopic (exact) mass is 389 g/mol. The molecule has 0 unspecified atom stereocenters. The number of nitrogens with zero attached hydrogens (tertiary/aromatic N) is 2. The third kappa shape index (κ3) is 3.46. The summed E-state index contributed by atoms with van der Waals surface area (Å²) in [5.74, 6) is -0.444. The number of hydrogen-bond acceptors (Lipinski definition) is 4. The molecule has 4 rings (SSSR count). The Morgan fingerprint density at radius 3 is 2.61 bits per heavy atom. The molecule has 2 heterocycles. The fraction of sp³-hybridized carbons (Fsp3) is 0.136. The Kier molecular flexibility index (Phi) is 4.79. The highest BCUT2D eigenvalue weighted by Gasteiger charge is 2.15. The van der Waals surface area contributed by atoms with Gasteiger partial charge >= 0.3 is 0 Å². The van der Waals surface area contributed by atoms with E-state index in [0.717, 1.165) is 26.9 Å². The number of rotatable bonds is 4. The van der Waals surface area contributed by atoms with E-state index in [9.17, 15) is 9.59 Å². The molecule has 0 saturated heterocycles. The van der Waals surface area contributed by atoms with E-state index in [4.69, 9.17) is 0 Å². The molecule has 0 fully saturated rings. The van der Waals surface area contributed by atoms with E-state index < -0.39 is 5.91 Å². The van der Waals surface area contributed by atoms with Gasteiger partial charge in [-0.1, -0.05) is 47.7 Å². The summed E-state index contributed by atoms with van der Waals surface area (Å²) in [6, 6.07) is 17.1. The van der Waals surface area contributed by atoms with Crippen LogP contribution in [0.4, 0.5) is 5.13 Å². The first-order chi connectivity index (χ1) is 13.5. The van der Waals surface area contributed by atoms with Crippen molar-refractivity contribution in [2.24, 2.45) is 0 Å². The van der Waals surface area contributed by atoms with Crippen LogP contribution >= 0.6 is 11.3 Å². The first kappa shape index (κ1) is 18.1. The van der Waals surface area contributed by atoms with Gasteiger partial charge in [-0.3, -0.25) is 14.9 Å². The average Bonchev–Trinajstić information content (AvgIpc) is 3.09. The number of aromatic nitrogens is 2. The van der Waals surface area contributed by atoms with Crippen molar-refractivity contribution >= 4 is 32.6 Å². The first-order valence-corrected chi connectivity index (χ1v) is 9.76. The zero-order valence-electron chi connectivity index (χ0n) is 15.6. The van der Waals surface area contributed by atoms with Crippen LogP contribution in [0.5, 0.6) is 0 Å². The number of anilines is 1. The van der Waals surface area contributed by atoms with Crippen LogP contribution in [0.15, 0.2) is 65.6 Å². The highest BCUT2D eigenvalue weighted by molar-refractivity contribution is 7.22. The van der Waals surface area contributed by atoms with Crippen LogP contribution in [0.25, 0.3) is 10.2 Å². The zero-order chi connectivity index (χ0) is 19.7. The first-order valence-electron chi connectivity index (χ1n) is 8.94. The van der Waals surface area contributed by atoms with Gasteiger partial charge in [0.15, 0.2) is 5.13 Å². The minimum Gasteiger partial charge on any atom is -0.310 e. The lowest BCUT2D eigenvalue weighted by atomic mass is 10.1. The van der Waals surface area contributed by atoms with Crippen LogP contribution in [-0.2, 0) is 6.54 Å². The average molecular weight is 389 g/mol. The molecule has 2 aromatic heterocycles. The van der Waals surface area contributed by atoms with Crippen molar-refractivity contribution < 1.29 is 4.79 Å². The van der Waals surface area contributed by atoms with Crippen LogP contribution in [0.1, 0.15) is 27.0 Å². The summed E-state index contributed by atoms with van der Waals surface area (Å²) in [5, 5.41) is 3.26. The van der Waals surface area contributed by atoms with Crippen molar-refractivity contribution in [2.75, 3.05) is 5.32 Å². The van der Waals surface area contributed by atoms with Crippen LogP contribution in [0, 0.1) is 13.8 Å². The van der Waals surface area contributed by atoms with Crippen LogP contribution < -0.4 is 10.9 Å². The minimum atomic E-state index is -0.444. The molecule has 0 saturated carbocycles. The molecule has 1 N–H and O–H groups in total. The SMILES string of the molecule is Cc1ccccc1Cn1cccc(C(=O)Nc2nc3c(C)cccc3s2)c1=O. The molecule has 0 aliphatic carbocycles. The third-order valence-corrected chi connectivity index (χ3v) is 5.64. The molecule has 2 aromatic carbocycles. The fourth-order valence-electron chi connectivity index (χ4n) is 3.11. The fourth-order valence-corrected chi connectivity index (χ4v) is 4.05. The van der Waals surface area contributed by atoms with E-state index in [1.54, 1.807) is 22.9 Å². The molecule has 0 spiro atoms. The van der Waals surface area contributed by atoms with Gasteiger partial charge in [0.25, 0.3) is 11.5 Å². The molecule has 1 amide bonds. The van der Waals surface area contributed by atoms with Gasteiger partial charge in [-0.15, -0.1) is 0 Å². The van der Waals surface area contributed by atoms with Crippen molar-refractivity contribution in [3.63, 3.8) is 0 Å². The van der Waals surface area contributed by atoms with Crippen molar-refractivity contribution in [3.05, 3.63) is 93.4 Å².